The van der Waals surface area contributed by atoms with E-state index in [0.29, 0.717) is 13.0 Å². The van der Waals surface area contributed by atoms with E-state index < -0.39 is 11.7 Å². The number of alkyl carbamates (subject to hydrolysis) is 1. The summed E-state index contributed by atoms with van der Waals surface area (Å²) >= 11 is 7.54. The van der Waals surface area contributed by atoms with Crippen molar-refractivity contribution in [1.29, 1.82) is 0 Å². The molecule has 0 aliphatic rings. The molecule has 0 aliphatic carbocycles. The molecule has 0 aliphatic heterocycles. The van der Waals surface area contributed by atoms with E-state index in [0.717, 1.165) is 9.90 Å². The maximum absolute atomic E-state index is 11.4. The first kappa shape index (κ1) is 15.3. The highest BCUT2D eigenvalue weighted by Gasteiger charge is 2.17. The molecular weight excluding hydrogens is 272 g/mol. The van der Waals surface area contributed by atoms with E-state index in [1.165, 1.54) is 0 Å². The van der Waals surface area contributed by atoms with Crippen LogP contribution in [0.25, 0.3) is 0 Å². The van der Waals surface area contributed by atoms with Gasteiger partial charge in [-0.3, -0.25) is 0 Å². The number of hydrogen-bond donors (Lipinski definition) is 2. The van der Waals surface area contributed by atoms with Gasteiger partial charge in [0.05, 0.1) is 5.02 Å². The second kappa shape index (κ2) is 6.41. The molecule has 3 N–H and O–H groups in total. The third-order valence-corrected chi connectivity index (χ3v) is 3.46. The lowest BCUT2D eigenvalue weighted by Gasteiger charge is -2.20. The highest BCUT2D eigenvalue weighted by molar-refractivity contribution is 7.10. The third-order valence-electron chi connectivity index (χ3n) is 2.05. The Hall–Kier alpha value is -0.780. The summed E-state index contributed by atoms with van der Waals surface area (Å²) in [4.78, 5) is 12.5. The number of halogens is 1. The fourth-order valence-corrected chi connectivity index (χ4v) is 2.52. The minimum Gasteiger partial charge on any atom is -0.444 e. The van der Waals surface area contributed by atoms with Crippen molar-refractivity contribution in [3.05, 3.63) is 21.3 Å². The lowest BCUT2D eigenvalue weighted by molar-refractivity contribution is 0.0524. The number of hydrogen-bond acceptors (Lipinski definition) is 4. The van der Waals surface area contributed by atoms with Crippen molar-refractivity contribution in [2.24, 2.45) is 5.73 Å². The molecule has 0 radical (unpaired) electrons. The highest BCUT2D eigenvalue weighted by atomic mass is 35.5. The van der Waals surface area contributed by atoms with E-state index in [1.807, 2.05) is 32.2 Å². The molecule has 1 heterocycles. The van der Waals surface area contributed by atoms with E-state index in [9.17, 15) is 4.79 Å². The Morgan fingerprint density at radius 3 is 2.78 bits per heavy atom. The summed E-state index contributed by atoms with van der Waals surface area (Å²) in [6, 6.07) is 1.67. The van der Waals surface area contributed by atoms with Gasteiger partial charge in [0.2, 0.25) is 0 Å². The van der Waals surface area contributed by atoms with E-state index >= 15 is 0 Å². The van der Waals surface area contributed by atoms with Crippen LogP contribution in [0.15, 0.2) is 11.4 Å². The Morgan fingerprint density at radius 1 is 1.61 bits per heavy atom. The monoisotopic (exact) mass is 290 g/mol. The molecule has 1 unspecified atom stereocenters. The van der Waals surface area contributed by atoms with Crippen molar-refractivity contribution >= 4 is 29.0 Å². The molecule has 0 bridgehead atoms. The average Bonchev–Trinajstić information content (AvgIpc) is 2.59. The van der Waals surface area contributed by atoms with E-state index in [-0.39, 0.29) is 6.04 Å². The quantitative estimate of drug-likeness (QED) is 0.896. The summed E-state index contributed by atoms with van der Waals surface area (Å²) in [5.41, 5.74) is 5.43. The maximum Gasteiger partial charge on any atom is 0.407 e. The van der Waals surface area contributed by atoms with Crippen molar-refractivity contribution in [2.45, 2.75) is 38.8 Å². The van der Waals surface area contributed by atoms with Gasteiger partial charge in [-0.2, -0.15) is 0 Å². The molecule has 1 amide bonds. The first-order valence-corrected chi connectivity index (χ1v) is 6.98. The van der Waals surface area contributed by atoms with Gasteiger partial charge in [-0.25, -0.2) is 4.79 Å². The van der Waals surface area contributed by atoms with Crippen molar-refractivity contribution in [1.82, 2.24) is 5.32 Å². The van der Waals surface area contributed by atoms with E-state index in [2.05, 4.69) is 5.32 Å². The molecule has 1 rings (SSSR count). The zero-order valence-electron chi connectivity index (χ0n) is 10.8. The van der Waals surface area contributed by atoms with Crippen LogP contribution < -0.4 is 11.1 Å². The first-order valence-electron chi connectivity index (χ1n) is 5.72. The van der Waals surface area contributed by atoms with Crippen LogP contribution >= 0.6 is 22.9 Å². The first-order chi connectivity index (χ1) is 8.28. The van der Waals surface area contributed by atoms with Crippen LogP contribution in [0, 0.1) is 0 Å². The molecule has 0 spiro atoms. The molecule has 4 nitrogen and oxygen atoms in total. The van der Waals surface area contributed by atoms with Gasteiger partial charge in [0, 0.05) is 23.9 Å². The van der Waals surface area contributed by atoms with Crippen molar-refractivity contribution in [3.8, 4) is 0 Å². The Bertz CT molecular complexity index is 401. The number of rotatable bonds is 4. The number of nitrogens with two attached hydrogens (primary N) is 1. The highest BCUT2D eigenvalue weighted by Crippen LogP contribution is 2.22. The summed E-state index contributed by atoms with van der Waals surface area (Å²) in [6.45, 7) is 5.82. The Labute approximate surface area is 116 Å². The molecule has 1 aromatic heterocycles. The second-order valence-electron chi connectivity index (χ2n) is 5.04. The van der Waals surface area contributed by atoms with Gasteiger partial charge >= 0.3 is 6.09 Å². The lowest BCUT2D eigenvalue weighted by atomic mass is 10.2. The smallest absolute Gasteiger partial charge is 0.407 e. The molecule has 1 aromatic rings. The minimum absolute atomic E-state index is 0.173. The van der Waals surface area contributed by atoms with Gasteiger partial charge in [-0.05, 0) is 32.2 Å². The van der Waals surface area contributed by atoms with Gasteiger partial charge in [-0.1, -0.05) is 11.6 Å². The van der Waals surface area contributed by atoms with Gasteiger partial charge in [0.25, 0.3) is 0 Å². The standard InChI is InChI=1S/C12H19ClN2O2S/c1-12(2,3)17-11(16)15-7-8(14)6-10-9(13)4-5-18-10/h4-5,8H,6-7,14H2,1-3H3,(H,15,16). The molecule has 18 heavy (non-hydrogen) atoms. The normalized spacial score (nSPS) is 13.2. The Balaban J connectivity index is 2.31. The zero-order chi connectivity index (χ0) is 13.8. The Morgan fingerprint density at radius 2 is 2.28 bits per heavy atom. The molecule has 0 saturated carbocycles. The predicted octanol–water partition coefficient (Wildman–Crippen LogP) is 2.80. The summed E-state index contributed by atoms with van der Waals surface area (Å²) in [5.74, 6) is 0. The number of amides is 1. The zero-order valence-corrected chi connectivity index (χ0v) is 12.4. The minimum atomic E-state index is -0.495. The topological polar surface area (TPSA) is 64.3 Å². The summed E-state index contributed by atoms with van der Waals surface area (Å²) < 4.78 is 5.12. The van der Waals surface area contributed by atoms with Gasteiger partial charge in [0.15, 0.2) is 0 Å². The number of thiophene rings is 1. The maximum atomic E-state index is 11.4. The molecule has 0 saturated heterocycles. The summed E-state index contributed by atoms with van der Waals surface area (Å²) in [7, 11) is 0. The third kappa shape index (κ3) is 5.71. The molecule has 6 heteroatoms. The second-order valence-corrected chi connectivity index (χ2v) is 6.45. The van der Waals surface area contributed by atoms with Crippen molar-refractivity contribution < 1.29 is 9.53 Å². The largest absolute Gasteiger partial charge is 0.444 e. The number of nitrogens with one attached hydrogen (secondary N) is 1. The van der Waals surface area contributed by atoms with Gasteiger partial charge in [-0.15, -0.1) is 11.3 Å². The van der Waals surface area contributed by atoms with Gasteiger partial charge < -0.3 is 15.8 Å². The van der Waals surface area contributed by atoms with Crippen LogP contribution in [0.3, 0.4) is 0 Å². The van der Waals surface area contributed by atoms with Crippen LogP contribution in [0.5, 0.6) is 0 Å². The summed E-state index contributed by atoms with van der Waals surface area (Å²) in [5, 5.41) is 5.30. The van der Waals surface area contributed by atoms with Crippen LogP contribution in [-0.2, 0) is 11.2 Å². The Kier molecular flexibility index (Phi) is 5.44. The van der Waals surface area contributed by atoms with Crippen LogP contribution in [0.2, 0.25) is 5.02 Å². The molecule has 102 valence electrons. The van der Waals surface area contributed by atoms with E-state index in [4.69, 9.17) is 22.1 Å². The SMILES string of the molecule is CC(C)(C)OC(=O)NCC(N)Cc1sccc1Cl. The molecule has 1 atom stereocenters. The number of carbonyl (C=O) groups is 1. The van der Waals surface area contributed by atoms with Crippen LogP contribution in [-0.4, -0.2) is 24.3 Å². The van der Waals surface area contributed by atoms with E-state index in [1.54, 1.807) is 11.3 Å². The van der Waals surface area contributed by atoms with Crippen LogP contribution in [0.1, 0.15) is 25.6 Å². The molecule has 0 fully saturated rings. The van der Waals surface area contributed by atoms with Crippen molar-refractivity contribution in [2.75, 3.05) is 6.54 Å². The average molecular weight is 291 g/mol. The molecule has 0 aromatic carbocycles. The number of carbonyl (C=O) groups excluding carboxylic acids is 1. The fourth-order valence-electron chi connectivity index (χ4n) is 1.31. The predicted molar refractivity (Wildman–Crippen MR) is 75.2 cm³/mol. The van der Waals surface area contributed by atoms with Crippen molar-refractivity contribution in [3.63, 3.8) is 0 Å². The van der Waals surface area contributed by atoms with Gasteiger partial charge in [0.1, 0.15) is 5.60 Å². The molecular formula is C12H19ClN2O2S. The summed E-state index contributed by atoms with van der Waals surface area (Å²) in [6.07, 6.45) is 0.196. The number of ether oxygens (including phenoxy) is 1. The fraction of sp³-hybridized carbons (Fsp3) is 0.583. The van der Waals surface area contributed by atoms with Crippen LogP contribution in [0.4, 0.5) is 4.79 Å². The lowest BCUT2D eigenvalue weighted by Crippen LogP contribution is -2.41.